The summed E-state index contributed by atoms with van der Waals surface area (Å²) in [6.07, 6.45) is 0.290. The summed E-state index contributed by atoms with van der Waals surface area (Å²) in [6.45, 7) is 0.366. The molecule has 11 heteroatoms. The van der Waals surface area contributed by atoms with Gasteiger partial charge in [-0.25, -0.2) is 18.0 Å². The molecule has 0 radical (unpaired) electrons. The van der Waals surface area contributed by atoms with Gasteiger partial charge in [-0.15, -0.1) is 0 Å². The fourth-order valence-corrected chi connectivity index (χ4v) is 3.97. The number of anilines is 1. The fourth-order valence-electron chi connectivity index (χ4n) is 3.97. The second-order valence-electron chi connectivity index (χ2n) is 7.87. The van der Waals surface area contributed by atoms with E-state index in [4.69, 9.17) is 5.26 Å². The monoisotopic (exact) mass is 432 g/mol. The van der Waals surface area contributed by atoms with Crippen LogP contribution in [0.2, 0.25) is 0 Å². The number of fused-ring (bicyclic) bond motifs is 3. The van der Waals surface area contributed by atoms with E-state index in [1.807, 2.05) is 0 Å². The molecule has 0 fully saturated rings. The van der Waals surface area contributed by atoms with E-state index in [9.17, 15) is 22.8 Å². The molecule has 162 valence electrons. The number of halogens is 3. The van der Waals surface area contributed by atoms with Crippen molar-refractivity contribution in [1.29, 1.82) is 5.26 Å². The molecule has 1 aromatic heterocycles. The smallest absolute Gasteiger partial charge is 0.322 e. The summed E-state index contributed by atoms with van der Waals surface area (Å²) in [7, 11) is 1.31. The average molecular weight is 432 g/mol. The lowest BCUT2D eigenvalue weighted by Crippen LogP contribution is -2.45. The van der Waals surface area contributed by atoms with Crippen molar-refractivity contribution in [2.45, 2.75) is 38.4 Å². The molecule has 0 aliphatic carbocycles. The van der Waals surface area contributed by atoms with Gasteiger partial charge in [0.1, 0.15) is 24.1 Å². The first kappa shape index (κ1) is 20.7. The van der Waals surface area contributed by atoms with Crippen LogP contribution in [0.4, 0.5) is 23.7 Å². The van der Waals surface area contributed by atoms with Gasteiger partial charge in [-0.2, -0.15) is 10.4 Å². The van der Waals surface area contributed by atoms with E-state index in [2.05, 4.69) is 10.4 Å². The maximum atomic E-state index is 14.2. The SMILES string of the molecule is C[C@@H]1Cc2nn3c(c2CN1C(=O)Nc1ccc(F)c(C#N)c1)C(=O)N(C)CC(F)(F)C3. The third-order valence-corrected chi connectivity index (χ3v) is 5.48. The largest absolute Gasteiger partial charge is 0.334 e. The molecule has 1 N–H and O–H groups in total. The Balaban J connectivity index is 1.63. The number of nitriles is 1. The van der Waals surface area contributed by atoms with E-state index in [-0.39, 0.29) is 36.0 Å². The first-order chi connectivity index (χ1) is 14.6. The zero-order valence-electron chi connectivity index (χ0n) is 16.8. The van der Waals surface area contributed by atoms with Crippen LogP contribution in [0.5, 0.6) is 0 Å². The highest BCUT2D eigenvalue weighted by molar-refractivity contribution is 5.95. The van der Waals surface area contributed by atoms with Crippen LogP contribution in [0.25, 0.3) is 0 Å². The third kappa shape index (κ3) is 3.69. The van der Waals surface area contributed by atoms with Crippen LogP contribution in [0.3, 0.4) is 0 Å². The van der Waals surface area contributed by atoms with E-state index in [1.54, 1.807) is 13.0 Å². The highest BCUT2D eigenvalue weighted by atomic mass is 19.3. The molecule has 0 saturated heterocycles. The fraction of sp³-hybridized carbons (Fsp3) is 0.400. The van der Waals surface area contributed by atoms with E-state index in [0.717, 1.165) is 15.6 Å². The normalized spacial score (nSPS) is 19.9. The van der Waals surface area contributed by atoms with Crippen LogP contribution in [0, 0.1) is 17.1 Å². The van der Waals surface area contributed by atoms with Gasteiger partial charge in [0.2, 0.25) is 0 Å². The quantitative estimate of drug-likeness (QED) is 0.750. The van der Waals surface area contributed by atoms with Gasteiger partial charge in [0.15, 0.2) is 0 Å². The number of hydrogen-bond donors (Lipinski definition) is 1. The molecule has 0 bridgehead atoms. The number of carbonyl (C=O) groups excluding carboxylic acids is 2. The Morgan fingerprint density at radius 2 is 2.10 bits per heavy atom. The van der Waals surface area contributed by atoms with E-state index >= 15 is 0 Å². The Morgan fingerprint density at radius 3 is 2.81 bits per heavy atom. The van der Waals surface area contributed by atoms with Crippen molar-refractivity contribution in [2.24, 2.45) is 0 Å². The molecule has 1 aromatic carbocycles. The molecule has 2 aliphatic heterocycles. The number of benzene rings is 1. The van der Waals surface area contributed by atoms with Crippen molar-refractivity contribution in [1.82, 2.24) is 19.6 Å². The molecule has 3 heterocycles. The molecule has 3 amide bonds. The second kappa shape index (κ2) is 7.30. The summed E-state index contributed by atoms with van der Waals surface area (Å²) in [5.41, 5.74) is 1.06. The van der Waals surface area contributed by atoms with Crippen molar-refractivity contribution >= 4 is 17.6 Å². The third-order valence-electron chi connectivity index (χ3n) is 5.48. The highest BCUT2D eigenvalue weighted by Crippen LogP contribution is 2.31. The zero-order chi connectivity index (χ0) is 22.5. The maximum absolute atomic E-state index is 14.2. The first-order valence-electron chi connectivity index (χ1n) is 9.59. The van der Waals surface area contributed by atoms with Crippen molar-refractivity contribution in [2.75, 3.05) is 18.9 Å². The Labute approximate surface area is 175 Å². The summed E-state index contributed by atoms with van der Waals surface area (Å²) in [5, 5.41) is 15.8. The molecular formula is C20H19F3N6O2. The lowest BCUT2D eigenvalue weighted by Gasteiger charge is -2.33. The van der Waals surface area contributed by atoms with Gasteiger partial charge in [-0.3, -0.25) is 9.48 Å². The molecule has 0 spiro atoms. The first-order valence-corrected chi connectivity index (χ1v) is 9.59. The number of nitrogens with one attached hydrogen (secondary N) is 1. The van der Waals surface area contributed by atoms with Crippen molar-refractivity contribution in [3.05, 3.63) is 46.5 Å². The van der Waals surface area contributed by atoms with Crippen LogP contribution in [0.15, 0.2) is 18.2 Å². The lowest BCUT2D eigenvalue weighted by atomic mass is 9.99. The Hall–Kier alpha value is -3.55. The second-order valence-corrected chi connectivity index (χ2v) is 7.87. The minimum Gasteiger partial charge on any atom is -0.334 e. The van der Waals surface area contributed by atoms with Gasteiger partial charge >= 0.3 is 6.03 Å². The number of hydrogen-bond acceptors (Lipinski definition) is 4. The van der Waals surface area contributed by atoms with E-state index < -0.39 is 36.8 Å². The standard InChI is InChI=1S/C20H19F3N6O2/c1-11-5-16-14(17-18(30)27(2)9-20(22,23)10-29(17)26-16)8-28(11)19(31)25-13-3-4-15(21)12(6-13)7-24/h3-4,6,11H,5,8-10H2,1-2H3,(H,25,31)/t11-/m1/s1. The molecule has 2 aromatic rings. The molecular weight excluding hydrogens is 413 g/mol. The van der Waals surface area contributed by atoms with Crippen LogP contribution in [0.1, 0.15) is 34.2 Å². The number of nitrogens with zero attached hydrogens (tertiary/aromatic N) is 5. The molecule has 2 aliphatic rings. The highest BCUT2D eigenvalue weighted by Gasteiger charge is 2.42. The summed E-state index contributed by atoms with van der Waals surface area (Å²) in [5.74, 6) is -4.38. The van der Waals surface area contributed by atoms with E-state index in [1.165, 1.54) is 24.1 Å². The minimum atomic E-state index is -3.12. The van der Waals surface area contributed by atoms with Crippen molar-refractivity contribution in [3.8, 4) is 6.07 Å². The molecule has 4 rings (SSSR count). The number of aromatic nitrogens is 2. The summed E-state index contributed by atoms with van der Waals surface area (Å²) >= 11 is 0. The van der Waals surface area contributed by atoms with Gasteiger partial charge < -0.3 is 15.1 Å². The van der Waals surface area contributed by atoms with Gasteiger partial charge in [0.25, 0.3) is 11.8 Å². The Kier molecular flexibility index (Phi) is 4.88. The average Bonchev–Trinajstić information content (AvgIpc) is 2.99. The Morgan fingerprint density at radius 1 is 1.35 bits per heavy atom. The molecule has 0 saturated carbocycles. The van der Waals surface area contributed by atoms with Crippen molar-refractivity contribution in [3.63, 3.8) is 0 Å². The maximum Gasteiger partial charge on any atom is 0.322 e. The molecule has 1 atom stereocenters. The van der Waals surface area contributed by atoms with Crippen LogP contribution < -0.4 is 5.32 Å². The van der Waals surface area contributed by atoms with Crippen molar-refractivity contribution < 1.29 is 22.8 Å². The summed E-state index contributed by atoms with van der Waals surface area (Å²) in [4.78, 5) is 28.0. The summed E-state index contributed by atoms with van der Waals surface area (Å²) < 4.78 is 42.9. The van der Waals surface area contributed by atoms with Crippen LogP contribution in [-0.2, 0) is 19.5 Å². The van der Waals surface area contributed by atoms with Gasteiger partial charge in [-0.05, 0) is 25.1 Å². The number of urea groups is 1. The Bertz CT molecular complexity index is 1120. The summed E-state index contributed by atoms with van der Waals surface area (Å²) in [6, 6.07) is 4.50. The molecule has 8 nitrogen and oxygen atoms in total. The topological polar surface area (TPSA) is 94.3 Å². The van der Waals surface area contributed by atoms with E-state index in [0.29, 0.717) is 11.3 Å². The van der Waals surface area contributed by atoms with Crippen LogP contribution in [-0.4, -0.2) is 57.1 Å². The molecule has 0 unspecified atom stereocenters. The number of rotatable bonds is 1. The number of alkyl halides is 2. The predicted octanol–water partition coefficient (Wildman–Crippen LogP) is 2.59. The minimum absolute atomic E-state index is 0.00905. The molecule has 31 heavy (non-hydrogen) atoms. The predicted molar refractivity (Wildman–Crippen MR) is 103 cm³/mol. The van der Waals surface area contributed by atoms with Crippen LogP contribution >= 0.6 is 0 Å². The van der Waals surface area contributed by atoms with Gasteiger partial charge in [0, 0.05) is 30.8 Å². The van der Waals surface area contributed by atoms with Gasteiger partial charge in [-0.1, -0.05) is 0 Å². The zero-order valence-corrected chi connectivity index (χ0v) is 16.8. The number of carbonyl (C=O) groups is 2. The van der Waals surface area contributed by atoms with Gasteiger partial charge in [0.05, 0.1) is 24.3 Å². The number of amides is 3. The lowest BCUT2D eigenvalue weighted by molar-refractivity contribution is -0.0336.